The molecule has 0 spiro atoms. The summed E-state index contributed by atoms with van der Waals surface area (Å²) in [6.45, 7) is 2.86. The van der Waals surface area contributed by atoms with E-state index in [0.717, 1.165) is 24.0 Å². The molecule has 0 radical (unpaired) electrons. The number of aromatic nitrogens is 2. The van der Waals surface area contributed by atoms with Crippen LogP contribution in [0, 0.1) is 11.6 Å². The van der Waals surface area contributed by atoms with E-state index >= 15 is 0 Å². The van der Waals surface area contributed by atoms with Crippen molar-refractivity contribution in [1.29, 1.82) is 0 Å². The first-order valence-corrected chi connectivity index (χ1v) is 6.28. The Morgan fingerprint density at radius 2 is 2.11 bits per heavy atom. The van der Waals surface area contributed by atoms with Gasteiger partial charge in [0.2, 0.25) is 0 Å². The number of hydrogen-bond donors (Lipinski definition) is 1. The highest BCUT2D eigenvalue weighted by molar-refractivity contribution is 5.20. The molecule has 0 fully saturated rings. The largest absolute Gasteiger partial charge is 0.334 e. The van der Waals surface area contributed by atoms with Crippen LogP contribution in [0.4, 0.5) is 8.78 Å². The molecule has 0 saturated heterocycles. The normalized spacial score (nSPS) is 12.6. The molecule has 1 aromatic carbocycles. The number of likely N-dealkylation sites (N-methyl/N-ethyl adjacent to an activating group) is 1. The number of nitrogens with one attached hydrogen (secondary N) is 1. The molecule has 0 saturated carbocycles. The monoisotopic (exact) mass is 265 g/mol. The average Bonchev–Trinajstić information content (AvgIpc) is 2.88. The summed E-state index contributed by atoms with van der Waals surface area (Å²) < 4.78 is 28.1. The minimum atomic E-state index is -0.820. The van der Waals surface area contributed by atoms with Crippen molar-refractivity contribution in [2.75, 3.05) is 7.05 Å². The van der Waals surface area contributed by atoms with Gasteiger partial charge in [-0.15, -0.1) is 0 Å². The standard InChI is InChI=1S/C14H17F2N3/c1-3-19-7-6-18-14(19)13(17-2)9-10-4-5-11(15)12(16)8-10/h4-8,13,17H,3,9H2,1-2H3. The molecule has 1 unspecified atom stereocenters. The van der Waals surface area contributed by atoms with E-state index in [-0.39, 0.29) is 6.04 Å². The van der Waals surface area contributed by atoms with E-state index < -0.39 is 11.6 Å². The molecule has 2 rings (SSSR count). The van der Waals surface area contributed by atoms with Crippen LogP contribution in [0.25, 0.3) is 0 Å². The molecule has 0 bridgehead atoms. The summed E-state index contributed by atoms with van der Waals surface area (Å²) in [6.07, 6.45) is 4.21. The van der Waals surface area contributed by atoms with Gasteiger partial charge in [-0.25, -0.2) is 13.8 Å². The summed E-state index contributed by atoms with van der Waals surface area (Å²) >= 11 is 0. The molecule has 3 nitrogen and oxygen atoms in total. The van der Waals surface area contributed by atoms with E-state index in [1.807, 2.05) is 24.7 Å². The zero-order chi connectivity index (χ0) is 13.8. The molecule has 1 N–H and O–H groups in total. The molecule has 19 heavy (non-hydrogen) atoms. The highest BCUT2D eigenvalue weighted by Gasteiger charge is 2.16. The van der Waals surface area contributed by atoms with Gasteiger partial charge < -0.3 is 9.88 Å². The summed E-state index contributed by atoms with van der Waals surface area (Å²) in [5.41, 5.74) is 0.740. The second-order valence-corrected chi connectivity index (χ2v) is 4.37. The van der Waals surface area contributed by atoms with Crippen LogP contribution in [0.2, 0.25) is 0 Å². The van der Waals surface area contributed by atoms with Gasteiger partial charge in [-0.05, 0) is 38.1 Å². The number of rotatable bonds is 5. The predicted molar refractivity (Wildman–Crippen MR) is 69.8 cm³/mol. The Hall–Kier alpha value is -1.75. The zero-order valence-electron chi connectivity index (χ0n) is 11.0. The fourth-order valence-corrected chi connectivity index (χ4v) is 2.12. The van der Waals surface area contributed by atoms with E-state index in [4.69, 9.17) is 0 Å². The lowest BCUT2D eigenvalue weighted by atomic mass is 10.1. The minimum Gasteiger partial charge on any atom is -0.334 e. The lowest BCUT2D eigenvalue weighted by Gasteiger charge is -2.17. The van der Waals surface area contributed by atoms with E-state index in [0.29, 0.717) is 6.42 Å². The van der Waals surface area contributed by atoms with Gasteiger partial charge in [0.25, 0.3) is 0 Å². The van der Waals surface area contributed by atoms with Crippen molar-refractivity contribution < 1.29 is 8.78 Å². The molecule has 2 aromatic rings. The van der Waals surface area contributed by atoms with Crippen LogP contribution in [-0.2, 0) is 13.0 Å². The summed E-state index contributed by atoms with van der Waals surface area (Å²) in [5, 5.41) is 3.16. The molecule has 102 valence electrons. The van der Waals surface area contributed by atoms with Gasteiger partial charge in [-0.2, -0.15) is 0 Å². The van der Waals surface area contributed by atoms with Crippen molar-refractivity contribution in [2.24, 2.45) is 0 Å². The summed E-state index contributed by atoms with van der Waals surface area (Å²) in [4.78, 5) is 4.33. The van der Waals surface area contributed by atoms with Crippen molar-refractivity contribution in [1.82, 2.24) is 14.9 Å². The summed E-state index contributed by atoms with van der Waals surface area (Å²) in [6, 6.07) is 3.96. The second kappa shape index (κ2) is 5.93. The van der Waals surface area contributed by atoms with Crippen LogP contribution >= 0.6 is 0 Å². The number of nitrogens with zero attached hydrogens (tertiary/aromatic N) is 2. The fourth-order valence-electron chi connectivity index (χ4n) is 2.12. The topological polar surface area (TPSA) is 29.9 Å². The number of imidazole rings is 1. The third kappa shape index (κ3) is 2.98. The molecule has 1 heterocycles. The summed E-state index contributed by atoms with van der Waals surface area (Å²) in [7, 11) is 1.83. The molecule has 0 aliphatic carbocycles. The van der Waals surface area contributed by atoms with Gasteiger partial charge in [0.15, 0.2) is 11.6 Å². The maximum atomic E-state index is 13.2. The first kappa shape index (κ1) is 13.7. The van der Waals surface area contributed by atoms with E-state index in [1.54, 1.807) is 12.3 Å². The molecule has 0 aliphatic rings. The zero-order valence-corrected chi connectivity index (χ0v) is 11.0. The van der Waals surface area contributed by atoms with Crippen molar-refractivity contribution in [3.63, 3.8) is 0 Å². The summed E-state index contributed by atoms with van der Waals surface area (Å²) in [5.74, 6) is -0.735. The molecular weight excluding hydrogens is 248 g/mol. The number of aryl methyl sites for hydroxylation is 1. The Kier molecular flexibility index (Phi) is 4.27. The maximum absolute atomic E-state index is 13.2. The molecule has 0 amide bonds. The smallest absolute Gasteiger partial charge is 0.159 e. The van der Waals surface area contributed by atoms with E-state index in [9.17, 15) is 8.78 Å². The SMILES string of the molecule is CCn1ccnc1C(Cc1ccc(F)c(F)c1)NC. The van der Waals surface area contributed by atoms with Gasteiger partial charge in [0, 0.05) is 18.9 Å². The van der Waals surface area contributed by atoms with Crippen molar-refractivity contribution in [3.05, 3.63) is 53.6 Å². The molecule has 1 atom stereocenters. The number of halogens is 2. The first-order valence-electron chi connectivity index (χ1n) is 6.28. The Labute approximate surface area is 111 Å². The highest BCUT2D eigenvalue weighted by Crippen LogP contribution is 2.18. The van der Waals surface area contributed by atoms with Crippen molar-refractivity contribution in [2.45, 2.75) is 25.9 Å². The first-order chi connectivity index (χ1) is 9.15. The van der Waals surface area contributed by atoms with Crippen LogP contribution < -0.4 is 5.32 Å². The van der Waals surface area contributed by atoms with E-state index in [2.05, 4.69) is 10.3 Å². The van der Waals surface area contributed by atoms with Gasteiger partial charge in [0.05, 0.1) is 6.04 Å². The minimum absolute atomic E-state index is 0.0280. The second-order valence-electron chi connectivity index (χ2n) is 4.37. The van der Waals surface area contributed by atoms with Crippen LogP contribution in [0.5, 0.6) is 0 Å². The quantitative estimate of drug-likeness (QED) is 0.900. The Morgan fingerprint density at radius 3 is 2.74 bits per heavy atom. The maximum Gasteiger partial charge on any atom is 0.159 e. The molecule has 5 heteroatoms. The lowest BCUT2D eigenvalue weighted by molar-refractivity contribution is 0.499. The average molecular weight is 265 g/mol. The highest BCUT2D eigenvalue weighted by atomic mass is 19.2. The van der Waals surface area contributed by atoms with Crippen molar-refractivity contribution in [3.8, 4) is 0 Å². The Morgan fingerprint density at radius 1 is 1.32 bits per heavy atom. The van der Waals surface area contributed by atoms with Crippen molar-refractivity contribution >= 4 is 0 Å². The fraction of sp³-hybridized carbons (Fsp3) is 0.357. The lowest BCUT2D eigenvalue weighted by Crippen LogP contribution is -2.23. The van der Waals surface area contributed by atoms with Gasteiger partial charge in [0.1, 0.15) is 5.82 Å². The van der Waals surface area contributed by atoms with E-state index in [1.165, 1.54) is 6.07 Å². The van der Waals surface area contributed by atoms with Gasteiger partial charge >= 0.3 is 0 Å². The van der Waals surface area contributed by atoms with Gasteiger partial charge in [-0.3, -0.25) is 0 Å². The predicted octanol–water partition coefficient (Wildman–Crippen LogP) is 2.68. The van der Waals surface area contributed by atoms with Crippen LogP contribution in [0.1, 0.15) is 24.4 Å². The van der Waals surface area contributed by atoms with Crippen LogP contribution in [0.15, 0.2) is 30.6 Å². The third-order valence-corrected chi connectivity index (χ3v) is 3.17. The Bertz CT molecular complexity index is 551. The van der Waals surface area contributed by atoms with Gasteiger partial charge in [-0.1, -0.05) is 6.07 Å². The molecule has 0 aliphatic heterocycles. The molecule has 1 aromatic heterocycles. The molecular formula is C14H17F2N3. The number of benzene rings is 1. The number of hydrogen-bond acceptors (Lipinski definition) is 2. The van der Waals surface area contributed by atoms with Crippen LogP contribution in [-0.4, -0.2) is 16.6 Å². The van der Waals surface area contributed by atoms with Crippen LogP contribution in [0.3, 0.4) is 0 Å². The third-order valence-electron chi connectivity index (χ3n) is 3.17. The Balaban J connectivity index is 2.21.